The van der Waals surface area contributed by atoms with Crippen LogP contribution in [0.5, 0.6) is 0 Å². The smallest absolute Gasteiger partial charge is 0.195 e. The molecule has 76 valence electrons. The van der Waals surface area contributed by atoms with Crippen molar-refractivity contribution in [3.8, 4) is 0 Å². The molecule has 1 aromatic rings. The predicted octanol–water partition coefficient (Wildman–Crippen LogP) is 0.467. The number of carbonyl (C=O) groups is 1. The van der Waals surface area contributed by atoms with Crippen molar-refractivity contribution >= 4 is 5.78 Å². The van der Waals surface area contributed by atoms with Crippen molar-refractivity contribution in [3.63, 3.8) is 0 Å². The van der Waals surface area contributed by atoms with Gasteiger partial charge in [-0.15, -0.1) is 0 Å². The van der Waals surface area contributed by atoms with Gasteiger partial charge in [0.05, 0.1) is 5.56 Å². The Labute approximate surface area is 79.2 Å². The Morgan fingerprint density at radius 3 is 2.71 bits per heavy atom. The number of aliphatic hydroxyl groups is 1. The van der Waals surface area contributed by atoms with Gasteiger partial charge in [-0.2, -0.15) is 0 Å². The van der Waals surface area contributed by atoms with Crippen molar-refractivity contribution in [3.05, 3.63) is 35.4 Å². The van der Waals surface area contributed by atoms with E-state index in [4.69, 9.17) is 10.8 Å². The van der Waals surface area contributed by atoms with E-state index < -0.39 is 29.1 Å². The number of rotatable bonds is 3. The van der Waals surface area contributed by atoms with Crippen LogP contribution in [-0.2, 0) is 0 Å². The second-order valence-corrected chi connectivity index (χ2v) is 2.74. The minimum atomic E-state index is -1.49. The highest BCUT2D eigenvalue weighted by Crippen LogP contribution is 2.11. The van der Waals surface area contributed by atoms with Gasteiger partial charge in [-0.3, -0.25) is 4.79 Å². The summed E-state index contributed by atoms with van der Waals surface area (Å²) in [5, 5.41) is 9.03. The molecular formula is C9H9F2NO2. The molecule has 5 heteroatoms. The molecule has 0 aromatic heterocycles. The Kier molecular flexibility index (Phi) is 3.27. The standard InChI is InChI=1S/C9H9F2NO2/c10-5-1-2-7(11)6(3-5)9(14)8(13)4-12/h1-3,8,13H,4,12H2. The van der Waals surface area contributed by atoms with E-state index >= 15 is 0 Å². The zero-order chi connectivity index (χ0) is 10.7. The lowest BCUT2D eigenvalue weighted by Gasteiger charge is -2.07. The highest BCUT2D eigenvalue weighted by Gasteiger charge is 2.19. The molecule has 3 N–H and O–H groups in total. The van der Waals surface area contributed by atoms with Crippen LogP contribution in [0.15, 0.2) is 18.2 Å². The minimum absolute atomic E-state index is 0.325. The van der Waals surface area contributed by atoms with E-state index in [1.54, 1.807) is 0 Å². The molecule has 1 atom stereocenters. The maximum atomic E-state index is 13.0. The van der Waals surface area contributed by atoms with Gasteiger partial charge in [0.25, 0.3) is 0 Å². The number of halogens is 2. The molecule has 0 saturated carbocycles. The Balaban J connectivity index is 3.06. The Morgan fingerprint density at radius 1 is 1.50 bits per heavy atom. The maximum absolute atomic E-state index is 13.0. The molecule has 0 aliphatic rings. The fourth-order valence-electron chi connectivity index (χ4n) is 0.973. The lowest BCUT2D eigenvalue weighted by Crippen LogP contribution is -2.29. The molecule has 0 aliphatic heterocycles. The van der Waals surface area contributed by atoms with Gasteiger partial charge in [0.15, 0.2) is 5.78 Å². The highest BCUT2D eigenvalue weighted by atomic mass is 19.1. The molecule has 0 heterocycles. The quantitative estimate of drug-likeness (QED) is 0.698. The Hall–Kier alpha value is -1.33. The average molecular weight is 201 g/mol. The van der Waals surface area contributed by atoms with E-state index in [-0.39, 0.29) is 6.54 Å². The number of hydrogen-bond donors (Lipinski definition) is 2. The first-order valence-corrected chi connectivity index (χ1v) is 3.93. The molecule has 1 rings (SSSR count). The molecule has 1 aromatic carbocycles. The number of Topliss-reactive ketones (excluding diaryl/α,β-unsaturated/α-hetero) is 1. The minimum Gasteiger partial charge on any atom is -0.384 e. The number of nitrogens with two attached hydrogens (primary N) is 1. The Morgan fingerprint density at radius 2 is 2.14 bits per heavy atom. The predicted molar refractivity (Wildman–Crippen MR) is 45.7 cm³/mol. The van der Waals surface area contributed by atoms with Crippen molar-refractivity contribution in [1.29, 1.82) is 0 Å². The summed E-state index contributed by atoms with van der Waals surface area (Å²) in [5.74, 6) is -2.52. The summed E-state index contributed by atoms with van der Waals surface area (Å²) < 4.78 is 25.6. The summed E-state index contributed by atoms with van der Waals surface area (Å²) >= 11 is 0. The SMILES string of the molecule is NCC(O)C(=O)c1cc(F)ccc1F. The molecule has 0 radical (unpaired) electrons. The molecule has 0 fully saturated rings. The van der Waals surface area contributed by atoms with E-state index in [0.717, 1.165) is 18.2 Å². The van der Waals surface area contributed by atoms with Crippen LogP contribution in [-0.4, -0.2) is 23.5 Å². The van der Waals surface area contributed by atoms with Gasteiger partial charge in [0.1, 0.15) is 17.7 Å². The van der Waals surface area contributed by atoms with Crippen molar-refractivity contribution in [2.24, 2.45) is 5.73 Å². The zero-order valence-electron chi connectivity index (χ0n) is 7.21. The zero-order valence-corrected chi connectivity index (χ0v) is 7.21. The number of benzene rings is 1. The van der Waals surface area contributed by atoms with Gasteiger partial charge in [-0.25, -0.2) is 8.78 Å². The lowest BCUT2D eigenvalue weighted by atomic mass is 10.1. The first-order chi connectivity index (χ1) is 6.56. The summed E-state index contributed by atoms with van der Waals surface area (Å²) in [4.78, 5) is 11.2. The topological polar surface area (TPSA) is 63.3 Å². The Bertz CT molecular complexity index is 355. The fraction of sp³-hybridized carbons (Fsp3) is 0.222. The van der Waals surface area contributed by atoms with Gasteiger partial charge in [0.2, 0.25) is 0 Å². The molecule has 0 bridgehead atoms. The van der Waals surface area contributed by atoms with Crippen molar-refractivity contribution in [1.82, 2.24) is 0 Å². The van der Waals surface area contributed by atoms with Crippen LogP contribution in [0.4, 0.5) is 8.78 Å². The third-order valence-electron chi connectivity index (χ3n) is 1.72. The van der Waals surface area contributed by atoms with Gasteiger partial charge < -0.3 is 10.8 Å². The number of hydrogen-bond acceptors (Lipinski definition) is 3. The van der Waals surface area contributed by atoms with Crippen LogP contribution >= 0.6 is 0 Å². The summed E-state index contributed by atoms with van der Waals surface area (Å²) in [6.45, 7) is -0.325. The van der Waals surface area contributed by atoms with Crippen LogP contribution in [0.3, 0.4) is 0 Å². The maximum Gasteiger partial charge on any atom is 0.195 e. The number of aliphatic hydroxyl groups excluding tert-OH is 1. The highest BCUT2D eigenvalue weighted by molar-refractivity contribution is 5.99. The summed E-state index contributed by atoms with van der Waals surface area (Å²) in [6.07, 6.45) is -1.49. The normalized spacial score (nSPS) is 12.6. The van der Waals surface area contributed by atoms with Crippen LogP contribution in [0.25, 0.3) is 0 Å². The lowest BCUT2D eigenvalue weighted by molar-refractivity contribution is 0.0758. The van der Waals surface area contributed by atoms with Gasteiger partial charge >= 0.3 is 0 Å². The second-order valence-electron chi connectivity index (χ2n) is 2.74. The van der Waals surface area contributed by atoms with E-state index in [0.29, 0.717) is 0 Å². The first-order valence-electron chi connectivity index (χ1n) is 3.93. The summed E-state index contributed by atoms with van der Waals surface area (Å²) in [5.41, 5.74) is 4.53. The molecule has 3 nitrogen and oxygen atoms in total. The molecule has 14 heavy (non-hydrogen) atoms. The van der Waals surface area contributed by atoms with Gasteiger partial charge in [-0.05, 0) is 18.2 Å². The second kappa shape index (κ2) is 4.26. The van der Waals surface area contributed by atoms with Crippen molar-refractivity contribution in [2.75, 3.05) is 6.54 Å². The van der Waals surface area contributed by atoms with Gasteiger partial charge in [-0.1, -0.05) is 0 Å². The van der Waals surface area contributed by atoms with Crippen LogP contribution in [0.1, 0.15) is 10.4 Å². The molecular weight excluding hydrogens is 192 g/mol. The molecule has 0 saturated heterocycles. The van der Waals surface area contributed by atoms with E-state index in [9.17, 15) is 13.6 Å². The van der Waals surface area contributed by atoms with Crippen molar-refractivity contribution < 1.29 is 18.7 Å². The van der Waals surface area contributed by atoms with E-state index in [1.807, 2.05) is 0 Å². The average Bonchev–Trinajstić information content (AvgIpc) is 2.19. The molecule has 0 spiro atoms. The van der Waals surface area contributed by atoms with Gasteiger partial charge in [0, 0.05) is 6.54 Å². The monoisotopic (exact) mass is 201 g/mol. The largest absolute Gasteiger partial charge is 0.384 e. The van der Waals surface area contributed by atoms with Crippen LogP contribution in [0, 0.1) is 11.6 Å². The van der Waals surface area contributed by atoms with E-state index in [2.05, 4.69) is 0 Å². The van der Waals surface area contributed by atoms with E-state index in [1.165, 1.54) is 0 Å². The number of carbonyl (C=O) groups excluding carboxylic acids is 1. The first kappa shape index (κ1) is 10.7. The fourth-order valence-corrected chi connectivity index (χ4v) is 0.973. The van der Waals surface area contributed by atoms with Crippen LogP contribution < -0.4 is 5.73 Å². The van der Waals surface area contributed by atoms with Crippen LogP contribution in [0.2, 0.25) is 0 Å². The third kappa shape index (κ3) is 2.12. The molecule has 0 aliphatic carbocycles. The molecule has 1 unspecified atom stereocenters. The number of ketones is 1. The summed E-state index contributed by atoms with van der Waals surface area (Å²) in [7, 11) is 0. The van der Waals surface area contributed by atoms with Crippen molar-refractivity contribution in [2.45, 2.75) is 6.10 Å². The third-order valence-corrected chi connectivity index (χ3v) is 1.72. The summed E-state index contributed by atoms with van der Waals surface area (Å²) in [6, 6.07) is 2.45. The molecule has 0 amide bonds.